The molecule has 0 fully saturated rings. The van der Waals surface area contributed by atoms with Crippen LogP contribution in [0.4, 0.5) is 0 Å². The van der Waals surface area contributed by atoms with E-state index in [-0.39, 0.29) is 10.5 Å². The SMILES string of the molecule is COCCNC(=O)/C(C#N)=C\NCCc1ccc(S(N)(=O)=O)cc1. The van der Waals surface area contributed by atoms with Crippen molar-refractivity contribution in [1.29, 1.82) is 5.26 Å². The summed E-state index contributed by atoms with van der Waals surface area (Å²) in [4.78, 5) is 11.7. The zero-order valence-electron chi connectivity index (χ0n) is 13.3. The lowest BCUT2D eigenvalue weighted by Gasteiger charge is -2.05. The van der Waals surface area contributed by atoms with Crippen molar-refractivity contribution >= 4 is 15.9 Å². The second-order valence-electron chi connectivity index (χ2n) is 4.81. The highest BCUT2D eigenvalue weighted by Gasteiger charge is 2.08. The lowest BCUT2D eigenvalue weighted by Crippen LogP contribution is -2.28. The van der Waals surface area contributed by atoms with Crippen LogP contribution in [0.15, 0.2) is 40.9 Å². The Kier molecular flexibility index (Phi) is 7.91. The predicted octanol–water partition coefficient (Wildman–Crippen LogP) is -0.364. The van der Waals surface area contributed by atoms with Gasteiger partial charge in [-0.25, -0.2) is 13.6 Å². The number of amides is 1. The molecule has 130 valence electrons. The summed E-state index contributed by atoms with van der Waals surface area (Å²) in [5, 5.41) is 19.4. The lowest BCUT2D eigenvalue weighted by atomic mass is 10.1. The third kappa shape index (κ3) is 6.78. The molecule has 9 heteroatoms. The van der Waals surface area contributed by atoms with Gasteiger partial charge in [0.25, 0.3) is 5.91 Å². The van der Waals surface area contributed by atoms with Crippen LogP contribution in [0.3, 0.4) is 0 Å². The highest BCUT2D eigenvalue weighted by Crippen LogP contribution is 2.08. The van der Waals surface area contributed by atoms with Gasteiger partial charge < -0.3 is 15.4 Å². The molecule has 1 aromatic rings. The minimum absolute atomic E-state index is 0.0318. The van der Waals surface area contributed by atoms with Crippen LogP contribution in [0.5, 0.6) is 0 Å². The van der Waals surface area contributed by atoms with Crippen LogP contribution in [0.1, 0.15) is 5.56 Å². The monoisotopic (exact) mass is 352 g/mol. The molecule has 0 aliphatic heterocycles. The van der Waals surface area contributed by atoms with E-state index in [0.29, 0.717) is 26.1 Å². The molecule has 0 aliphatic rings. The van der Waals surface area contributed by atoms with E-state index in [9.17, 15) is 13.2 Å². The van der Waals surface area contributed by atoms with Crippen molar-refractivity contribution in [3.63, 3.8) is 0 Å². The minimum atomic E-state index is -3.69. The molecule has 0 aliphatic carbocycles. The smallest absolute Gasteiger partial charge is 0.263 e. The second kappa shape index (κ2) is 9.67. The molecule has 1 amide bonds. The number of benzene rings is 1. The van der Waals surface area contributed by atoms with Gasteiger partial charge in [0.15, 0.2) is 0 Å². The van der Waals surface area contributed by atoms with Gasteiger partial charge in [-0.05, 0) is 24.1 Å². The number of rotatable bonds is 9. The van der Waals surface area contributed by atoms with E-state index in [0.717, 1.165) is 5.56 Å². The van der Waals surface area contributed by atoms with Crippen LogP contribution in [0, 0.1) is 11.3 Å². The number of primary sulfonamides is 1. The Morgan fingerprint density at radius 3 is 2.54 bits per heavy atom. The molecule has 0 aromatic heterocycles. The van der Waals surface area contributed by atoms with Crippen LogP contribution in [-0.2, 0) is 26.0 Å². The van der Waals surface area contributed by atoms with Crippen LogP contribution in [-0.4, -0.2) is 41.1 Å². The zero-order valence-corrected chi connectivity index (χ0v) is 14.1. The highest BCUT2D eigenvalue weighted by atomic mass is 32.2. The summed E-state index contributed by atoms with van der Waals surface area (Å²) in [6.07, 6.45) is 1.94. The number of sulfonamides is 1. The zero-order chi connectivity index (χ0) is 18.0. The third-order valence-corrected chi connectivity index (χ3v) is 3.94. The van der Waals surface area contributed by atoms with Crippen LogP contribution in [0.25, 0.3) is 0 Å². The van der Waals surface area contributed by atoms with Gasteiger partial charge in [-0.3, -0.25) is 4.79 Å². The van der Waals surface area contributed by atoms with Crippen LogP contribution < -0.4 is 15.8 Å². The van der Waals surface area contributed by atoms with Gasteiger partial charge in [0.05, 0.1) is 11.5 Å². The van der Waals surface area contributed by atoms with E-state index >= 15 is 0 Å². The van der Waals surface area contributed by atoms with E-state index < -0.39 is 15.9 Å². The summed E-state index contributed by atoms with van der Waals surface area (Å²) in [6.45, 7) is 1.17. The number of hydrogen-bond acceptors (Lipinski definition) is 6. The molecule has 24 heavy (non-hydrogen) atoms. The molecule has 1 aromatic carbocycles. The van der Waals surface area contributed by atoms with E-state index in [1.54, 1.807) is 12.1 Å². The van der Waals surface area contributed by atoms with Crippen molar-refractivity contribution in [2.45, 2.75) is 11.3 Å². The molecule has 0 bridgehead atoms. The molecule has 4 N–H and O–H groups in total. The first-order valence-corrected chi connectivity index (χ1v) is 8.65. The number of methoxy groups -OCH3 is 1. The van der Waals surface area contributed by atoms with Gasteiger partial charge in [0, 0.05) is 26.4 Å². The fraction of sp³-hybridized carbons (Fsp3) is 0.333. The van der Waals surface area contributed by atoms with E-state index in [4.69, 9.17) is 15.1 Å². The summed E-state index contributed by atoms with van der Waals surface area (Å²) in [6, 6.07) is 8.01. The number of hydrogen-bond donors (Lipinski definition) is 3. The maximum atomic E-state index is 11.7. The van der Waals surface area contributed by atoms with Crippen molar-refractivity contribution in [3.8, 4) is 6.07 Å². The molecule has 0 radical (unpaired) electrons. The van der Waals surface area contributed by atoms with Crippen molar-refractivity contribution in [2.75, 3.05) is 26.8 Å². The standard InChI is InChI=1S/C15H20N4O4S/c1-23-9-8-19-15(20)13(10-16)11-18-7-6-12-2-4-14(5-3-12)24(17,21)22/h2-5,11,18H,6-9H2,1H3,(H,19,20)(H2,17,21,22)/b13-11-. The first-order chi connectivity index (χ1) is 11.4. The molecule has 0 saturated carbocycles. The van der Waals surface area contributed by atoms with Gasteiger partial charge in [0.1, 0.15) is 11.6 Å². The van der Waals surface area contributed by atoms with Crippen molar-refractivity contribution in [2.24, 2.45) is 5.14 Å². The average molecular weight is 352 g/mol. The summed E-state index contributed by atoms with van der Waals surface area (Å²) in [7, 11) is -2.18. The summed E-state index contributed by atoms with van der Waals surface area (Å²) in [5.74, 6) is -0.473. The quantitative estimate of drug-likeness (QED) is 0.315. The molecule has 0 spiro atoms. The number of carbonyl (C=O) groups excluding carboxylic acids is 1. The van der Waals surface area contributed by atoms with E-state index in [2.05, 4.69) is 10.6 Å². The maximum absolute atomic E-state index is 11.7. The highest BCUT2D eigenvalue weighted by molar-refractivity contribution is 7.89. The van der Waals surface area contributed by atoms with E-state index in [1.807, 2.05) is 6.07 Å². The lowest BCUT2D eigenvalue weighted by molar-refractivity contribution is -0.117. The molecule has 1 rings (SSSR count). The largest absolute Gasteiger partial charge is 0.389 e. The van der Waals surface area contributed by atoms with Gasteiger partial charge >= 0.3 is 0 Å². The van der Waals surface area contributed by atoms with Gasteiger partial charge in [-0.15, -0.1) is 0 Å². The van der Waals surface area contributed by atoms with Crippen molar-refractivity contribution < 1.29 is 17.9 Å². The predicted molar refractivity (Wildman–Crippen MR) is 88.1 cm³/mol. The normalized spacial score (nSPS) is 11.6. The van der Waals surface area contributed by atoms with Crippen LogP contribution in [0.2, 0.25) is 0 Å². The Hall–Kier alpha value is -2.41. The third-order valence-electron chi connectivity index (χ3n) is 3.01. The second-order valence-corrected chi connectivity index (χ2v) is 6.37. The average Bonchev–Trinajstić information content (AvgIpc) is 2.54. The number of nitriles is 1. The Morgan fingerprint density at radius 1 is 1.33 bits per heavy atom. The van der Waals surface area contributed by atoms with Gasteiger partial charge in [0.2, 0.25) is 10.0 Å². The summed E-state index contributed by atoms with van der Waals surface area (Å²) in [5.41, 5.74) is 0.863. The molecular formula is C15H20N4O4S. The Balaban J connectivity index is 2.48. The van der Waals surface area contributed by atoms with Crippen molar-refractivity contribution in [1.82, 2.24) is 10.6 Å². The Bertz CT molecular complexity index is 721. The molecule has 8 nitrogen and oxygen atoms in total. The fourth-order valence-corrected chi connectivity index (χ4v) is 2.26. The van der Waals surface area contributed by atoms with Crippen molar-refractivity contribution in [3.05, 3.63) is 41.6 Å². The maximum Gasteiger partial charge on any atom is 0.263 e. The van der Waals surface area contributed by atoms with Crippen LogP contribution >= 0.6 is 0 Å². The number of ether oxygens (including phenoxy) is 1. The Morgan fingerprint density at radius 2 is 2.00 bits per heavy atom. The number of nitrogens with zero attached hydrogens (tertiary/aromatic N) is 1. The molecule has 0 atom stereocenters. The first kappa shape index (κ1) is 19.6. The topological polar surface area (TPSA) is 134 Å². The first-order valence-electron chi connectivity index (χ1n) is 7.11. The fourth-order valence-electron chi connectivity index (χ4n) is 1.75. The van der Waals surface area contributed by atoms with Gasteiger partial charge in [-0.2, -0.15) is 5.26 Å². The van der Waals surface area contributed by atoms with Gasteiger partial charge in [-0.1, -0.05) is 12.1 Å². The number of nitrogens with two attached hydrogens (primary N) is 1. The summed E-state index contributed by atoms with van der Waals surface area (Å²) >= 11 is 0. The molecule has 0 unspecified atom stereocenters. The number of nitrogens with one attached hydrogen (secondary N) is 2. The molecule has 0 saturated heterocycles. The number of carbonyl (C=O) groups is 1. The molecular weight excluding hydrogens is 332 g/mol. The minimum Gasteiger partial charge on any atom is -0.389 e. The Labute approximate surface area is 141 Å². The summed E-state index contributed by atoms with van der Waals surface area (Å²) < 4.78 is 27.1. The van der Waals surface area contributed by atoms with E-state index in [1.165, 1.54) is 25.4 Å². The molecule has 0 heterocycles.